The molecule has 0 radical (unpaired) electrons. The van der Waals surface area contributed by atoms with Gasteiger partial charge in [0.1, 0.15) is 0 Å². The molecule has 1 N–H and O–H groups in total. The summed E-state index contributed by atoms with van der Waals surface area (Å²) in [6.45, 7) is 3.14. The van der Waals surface area contributed by atoms with Crippen LogP contribution in [0.5, 0.6) is 0 Å². The quantitative estimate of drug-likeness (QED) is 0.763. The minimum Gasteiger partial charge on any atom is -0.465 e. The van der Waals surface area contributed by atoms with Gasteiger partial charge >= 0.3 is 5.97 Å². The van der Waals surface area contributed by atoms with E-state index in [1.807, 2.05) is 0 Å². The fourth-order valence-electron chi connectivity index (χ4n) is 3.08. The monoisotopic (exact) mass is 385 g/mol. The third-order valence-electron chi connectivity index (χ3n) is 4.65. The third kappa shape index (κ3) is 4.77. The van der Waals surface area contributed by atoms with Crippen LogP contribution >= 0.6 is 0 Å². The van der Waals surface area contributed by atoms with Crippen LogP contribution in [-0.4, -0.2) is 67.4 Å². The smallest absolute Gasteiger partial charge is 0.339 e. The standard InChI is InChI=1S/C20H23N3O5/c1-27-20(26)15-5-2-3-6-16(15)21-18(24)8-9-22-10-12-23(13-11-22)19(25)17-7-4-14-28-17/h2-7,14H,8-13H2,1H3,(H,21,24). The number of amides is 2. The van der Waals surface area contributed by atoms with Gasteiger partial charge in [-0.25, -0.2) is 4.79 Å². The van der Waals surface area contributed by atoms with Crippen LogP contribution in [0, 0.1) is 0 Å². The summed E-state index contributed by atoms with van der Waals surface area (Å²) in [7, 11) is 1.30. The zero-order chi connectivity index (χ0) is 19.9. The van der Waals surface area contributed by atoms with Gasteiger partial charge in [-0.15, -0.1) is 0 Å². The van der Waals surface area contributed by atoms with Gasteiger partial charge in [0.2, 0.25) is 5.91 Å². The molecule has 0 spiro atoms. The van der Waals surface area contributed by atoms with E-state index >= 15 is 0 Å². The third-order valence-corrected chi connectivity index (χ3v) is 4.65. The van der Waals surface area contributed by atoms with Gasteiger partial charge in [-0.05, 0) is 24.3 Å². The van der Waals surface area contributed by atoms with Gasteiger partial charge in [0.05, 0.1) is 24.6 Å². The maximum atomic E-state index is 12.3. The fraction of sp³-hybridized carbons (Fsp3) is 0.350. The van der Waals surface area contributed by atoms with Gasteiger partial charge in [-0.1, -0.05) is 12.1 Å². The second-order valence-corrected chi connectivity index (χ2v) is 6.45. The summed E-state index contributed by atoms with van der Waals surface area (Å²) in [4.78, 5) is 40.2. The molecule has 0 unspecified atom stereocenters. The molecule has 2 amide bonds. The number of nitrogens with zero attached hydrogens (tertiary/aromatic N) is 2. The van der Waals surface area contributed by atoms with Crippen LogP contribution in [0.1, 0.15) is 27.3 Å². The zero-order valence-electron chi connectivity index (χ0n) is 15.7. The van der Waals surface area contributed by atoms with Gasteiger partial charge in [-0.3, -0.25) is 14.5 Å². The lowest BCUT2D eigenvalue weighted by Crippen LogP contribution is -2.49. The molecule has 1 fully saturated rings. The van der Waals surface area contributed by atoms with Gasteiger partial charge in [0, 0.05) is 39.1 Å². The highest BCUT2D eigenvalue weighted by atomic mass is 16.5. The number of carbonyl (C=O) groups is 3. The molecule has 8 nitrogen and oxygen atoms in total. The molecule has 28 heavy (non-hydrogen) atoms. The van der Waals surface area contributed by atoms with Crippen molar-refractivity contribution >= 4 is 23.5 Å². The predicted molar refractivity (Wildman–Crippen MR) is 102 cm³/mol. The number of anilines is 1. The molecule has 1 aromatic heterocycles. The second-order valence-electron chi connectivity index (χ2n) is 6.45. The first-order chi connectivity index (χ1) is 13.6. The lowest BCUT2D eigenvalue weighted by atomic mass is 10.1. The van der Waals surface area contributed by atoms with Crippen LogP contribution in [0.4, 0.5) is 5.69 Å². The van der Waals surface area contributed by atoms with Crippen LogP contribution in [0.3, 0.4) is 0 Å². The molecular weight excluding hydrogens is 362 g/mol. The number of nitrogens with one attached hydrogen (secondary N) is 1. The van der Waals surface area contributed by atoms with Crippen LogP contribution in [0.2, 0.25) is 0 Å². The Labute approximate surface area is 163 Å². The van der Waals surface area contributed by atoms with Crippen LogP contribution in [0.25, 0.3) is 0 Å². The number of rotatable bonds is 6. The Morgan fingerprint density at radius 2 is 1.82 bits per heavy atom. The summed E-state index contributed by atoms with van der Waals surface area (Å²) in [6, 6.07) is 10.1. The van der Waals surface area contributed by atoms with Crippen molar-refractivity contribution in [2.75, 3.05) is 45.2 Å². The van der Waals surface area contributed by atoms with Crippen molar-refractivity contribution in [3.05, 3.63) is 54.0 Å². The van der Waals surface area contributed by atoms with Crippen LogP contribution < -0.4 is 5.32 Å². The molecule has 1 aliphatic rings. The molecule has 2 aromatic rings. The molecule has 1 saturated heterocycles. The van der Waals surface area contributed by atoms with Gasteiger partial charge in [0.25, 0.3) is 5.91 Å². The molecule has 3 rings (SSSR count). The minimum absolute atomic E-state index is 0.109. The van der Waals surface area contributed by atoms with Crippen molar-refractivity contribution in [1.29, 1.82) is 0 Å². The number of carbonyl (C=O) groups excluding carboxylic acids is 3. The van der Waals surface area contributed by atoms with Crippen molar-refractivity contribution in [1.82, 2.24) is 9.80 Å². The van der Waals surface area contributed by atoms with E-state index < -0.39 is 5.97 Å². The van der Waals surface area contributed by atoms with E-state index in [-0.39, 0.29) is 11.8 Å². The Bertz CT molecular complexity index is 826. The SMILES string of the molecule is COC(=O)c1ccccc1NC(=O)CCN1CCN(C(=O)c2ccco2)CC1. The van der Waals surface area contributed by atoms with Crippen LogP contribution in [-0.2, 0) is 9.53 Å². The highest BCUT2D eigenvalue weighted by Crippen LogP contribution is 2.16. The molecule has 148 valence electrons. The second kappa shape index (κ2) is 9.18. The summed E-state index contributed by atoms with van der Waals surface area (Å²) in [5.74, 6) is -0.433. The molecule has 0 atom stereocenters. The van der Waals surface area contributed by atoms with Crippen molar-refractivity contribution in [3.63, 3.8) is 0 Å². The van der Waals surface area contributed by atoms with E-state index in [9.17, 15) is 14.4 Å². The van der Waals surface area contributed by atoms with E-state index in [4.69, 9.17) is 9.15 Å². The van der Waals surface area contributed by atoms with Gasteiger partial charge in [-0.2, -0.15) is 0 Å². The Kier molecular flexibility index (Phi) is 6.44. The first kappa shape index (κ1) is 19.6. The van der Waals surface area contributed by atoms with E-state index in [0.717, 1.165) is 0 Å². The lowest BCUT2D eigenvalue weighted by molar-refractivity contribution is -0.116. The average molecular weight is 385 g/mol. The Morgan fingerprint density at radius 3 is 2.50 bits per heavy atom. The molecule has 1 aromatic carbocycles. The van der Waals surface area contributed by atoms with Crippen molar-refractivity contribution in [2.24, 2.45) is 0 Å². The van der Waals surface area contributed by atoms with Crippen molar-refractivity contribution < 1.29 is 23.5 Å². The minimum atomic E-state index is -0.492. The van der Waals surface area contributed by atoms with E-state index in [2.05, 4.69) is 10.2 Å². The van der Waals surface area contributed by atoms with Gasteiger partial charge in [0.15, 0.2) is 5.76 Å². The highest BCUT2D eigenvalue weighted by molar-refractivity contribution is 6.01. The van der Waals surface area contributed by atoms with E-state index in [1.165, 1.54) is 13.4 Å². The molecule has 2 heterocycles. The Balaban J connectivity index is 1.45. The molecular formula is C20H23N3O5. The fourth-order valence-corrected chi connectivity index (χ4v) is 3.08. The molecule has 1 aliphatic heterocycles. The number of hydrogen-bond donors (Lipinski definition) is 1. The topological polar surface area (TPSA) is 92.1 Å². The number of ether oxygens (including phenoxy) is 1. The maximum Gasteiger partial charge on any atom is 0.339 e. The van der Waals surface area contributed by atoms with Crippen molar-refractivity contribution in [3.8, 4) is 0 Å². The zero-order valence-corrected chi connectivity index (χ0v) is 15.7. The number of hydrogen-bond acceptors (Lipinski definition) is 6. The predicted octanol–water partition coefficient (Wildman–Crippen LogP) is 1.85. The number of furan rings is 1. The molecule has 0 saturated carbocycles. The highest BCUT2D eigenvalue weighted by Gasteiger charge is 2.24. The van der Waals surface area contributed by atoms with Gasteiger partial charge < -0.3 is 19.4 Å². The molecule has 0 bridgehead atoms. The summed E-state index contributed by atoms with van der Waals surface area (Å²) >= 11 is 0. The van der Waals surface area contributed by atoms with Crippen molar-refractivity contribution in [2.45, 2.75) is 6.42 Å². The van der Waals surface area contributed by atoms with E-state index in [1.54, 1.807) is 41.3 Å². The number of para-hydroxylation sites is 1. The normalized spacial score (nSPS) is 14.5. The Morgan fingerprint density at radius 1 is 1.07 bits per heavy atom. The number of piperazine rings is 1. The Hall–Kier alpha value is -3.13. The van der Waals surface area contributed by atoms with E-state index in [0.29, 0.717) is 56.2 Å². The summed E-state index contributed by atoms with van der Waals surface area (Å²) < 4.78 is 9.89. The number of esters is 1. The average Bonchev–Trinajstić information content (AvgIpc) is 3.27. The largest absolute Gasteiger partial charge is 0.465 e. The first-order valence-corrected chi connectivity index (χ1v) is 9.11. The molecule has 8 heteroatoms. The van der Waals surface area contributed by atoms with Crippen LogP contribution in [0.15, 0.2) is 47.1 Å². The molecule has 0 aliphatic carbocycles. The maximum absolute atomic E-state index is 12.3. The first-order valence-electron chi connectivity index (χ1n) is 9.11. The summed E-state index contributed by atoms with van der Waals surface area (Å²) in [5.41, 5.74) is 0.761. The number of benzene rings is 1. The summed E-state index contributed by atoms with van der Waals surface area (Å²) in [5, 5.41) is 2.77. The lowest BCUT2D eigenvalue weighted by Gasteiger charge is -2.34. The summed E-state index contributed by atoms with van der Waals surface area (Å²) in [6.07, 6.45) is 1.78. The number of methoxy groups -OCH3 is 1.